The number of Topliss-reactive ketones (excluding diaryl/α,β-unsaturated/α-hetero) is 1. The highest BCUT2D eigenvalue weighted by Gasteiger charge is 2.58. The summed E-state index contributed by atoms with van der Waals surface area (Å²) < 4.78 is 6.82. The van der Waals surface area contributed by atoms with Crippen molar-refractivity contribution in [3.8, 4) is 16.9 Å². The number of carbonyl (C=O) groups is 1. The molecule has 4 aromatic rings. The lowest BCUT2D eigenvalue weighted by atomic mass is 9.77. The minimum atomic E-state index is -0.689. The molecular formula is C31H26N2O2S. The molecule has 0 aromatic heterocycles. The van der Waals surface area contributed by atoms with Gasteiger partial charge in [0.15, 0.2) is 5.78 Å². The molecule has 3 aliphatic rings. The van der Waals surface area contributed by atoms with Gasteiger partial charge in [-0.25, -0.2) is 0 Å². The topological polar surface area (TPSA) is 41.9 Å². The third-order valence-electron chi connectivity index (χ3n) is 8.12. The zero-order valence-corrected chi connectivity index (χ0v) is 21.4. The van der Waals surface area contributed by atoms with Crippen LogP contribution in [0.3, 0.4) is 0 Å². The molecule has 7 rings (SSSR count). The van der Waals surface area contributed by atoms with Gasteiger partial charge in [-0.3, -0.25) is 9.79 Å². The number of nitrogens with zero attached hydrogens (tertiary/aromatic N) is 2. The van der Waals surface area contributed by atoms with Crippen LogP contribution < -0.4 is 9.64 Å². The molecular weight excluding hydrogens is 464 g/mol. The van der Waals surface area contributed by atoms with Gasteiger partial charge in [-0.05, 0) is 66.3 Å². The summed E-state index contributed by atoms with van der Waals surface area (Å²) in [6.45, 7) is 4.45. The summed E-state index contributed by atoms with van der Waals surface area (Å²) in [6, 6.07) is 25.3. The van der Waals surface area contributed by atoms with Crippen LogP contribution in [0.2, 0.25) is 0 Å². The number of aliphatic imine (C=N–C) groups is 1. The molecule has 0 fully saturated rings. The van der Waals surface area contributed by atoms with Gasteiger partial charge in [-0.15, -0.1) is 11.8 Å². The van der Waals surface area contributed by atoms with Gasteiger partial charge in [0.1, 0.15) is 11.4 Å². The van der Waals surface area contributed by atoms with Crippen LogP contribution in [0.4, 0.5) is 11.4 Å². The first-order chi connectivity index (χ1) is 17.4. The Morgan fingerprint density at radius 3 is 2.64 bits per heavy atom. The number of anilines is 1. The van der Waals surface area contributed by atoms with Crippen molar-refractivity contribution in [2.24, 2.45) is 4.99 Å². The molecule has 4 aromatic carbocycles. The van der Waals surface area contributed by atoms with E-state index in [1.54, 1.807) is 11.8 Å². The first-order valence-corrected chi connectivity index (χ1v) is 13.3. The van der Waals surface area contributed by atoms with Crippen molar-refractivity contribution in [2.45, 2.75) is 36.3 Å². The number of hydrogen-bond donors (Lipinski definition) is 0. The number of carbonyl (C=O) groups excluding carboxylic acids is 1. The van der Waals surface area contributed by atoms with Crippen molar-refractivity contribution < 1.29 is 9.53 Å². The number of fused-ring (bicyclic) bond motifs is 5. The Morgan fingerprint density at radius 1 is 0.972 bits per heavy atom. The first-order valence-electron chi connectivity index (χ1n) is 12.3. The minimum absolute atomic E-state index is 0.239. The van der Waals surface area contributed by atoms with Crippen LogP contribution in [0, 0.1) is 0 Å². The molecule has 5 heteroatoms. The lowest BCUT2D eigenvalue weighted by Crippen LogP contribution is -2.61. The smallest absolute Gasteiger partial charge is 0.228 e. The SMILES string of the molecule is CN1c2ccccc2C(C)(C)C12C=Nc1c(ccc3cc(-c4ccc5c(c4)C(=O)CCS5)ccc13)O2. The minimum Gasteiger partial charge on any atom is -0.459 e. The highest BCUT2D eigenvalue weighted by Crippen LogP contribution is 2.54. The van der Waals surface area contributed by atoms with E-state index in [1.165, 1.54) is 11.3 Å². The number of hydrogen-bond acceptors (Lipinski definition) is 5. The summed E-state index contributed by atoms with van der Waals surface area (Å²) >= 11 is 1.76. The van der Waals surface area contributed by atoms with E-state index in [2.05, 4.69) is 86.5 Å². The van der Waals surface area contributed by atoms with Crippen LogP contribution in [0.15, 0.2) is 82.7 Å². The molecule has 0 radical (unpaired) electrons. The summed E-state index contributed by atoms with van der Waals surface area (Å²) in [5, 5.41) is 2.16. The van der Waals surface area contributed by atoms with Gasteiger partial charge in [-0.2, -0.15) is 0 Å². The molecule has 36 heavy (non-hydrogen) atoms. The Balaban J connectivity index is 1.29. The van der Waals surface area contributed by atoms with E-state index in [-0.39, 0.29) is 11.2 Å². The Hall–Kier alpha value is -3.57. The summed E-state index contributed by atoms with van der Waals surface area (Å²) in [6.07, 6.45) is 2.59. The normalized spacial score (nSPS) is 21.3. The highest BCUT2D eigenvalue weighted by atomic mass is 32.2. The summed E-state index contributed by atoms with van der Waals surface area (Å²) in [7, 11) is 2.08. The van der Waals surface area contributed by atoms with Crippen LogP contribution in [0.1, 0.15) is 36.2 Å². The van der Waals surface area contributed by atoms with Crippen molar-refractivity contribution in [1.82, 2.24) is 0 Å². The fraction of sp³-hybridized carbons (Fsp3) is 0.226. The predicted molar refractivity (Wildman–Crippen MR) is 148 cm³/mol. The van der Waals surface area contributed by atoms with Gasteiger partial charge < -0.3 is 9.64 Å². The van der Waals surface area contributed by atoms with Gasteiger partial charge in [0.2, 0.25) is 5.72 Å². The Kier molecular flexibility index (Phi) is 4.50. The van der Waals surface area contributed by atoms with Gasteiger partial charge in [0.25, 0.3) is 0 Å². The zero-order valence-electron chi connectivity index (χ0n) is 20.5. The van der Waals surface area contributed by atoms with Crippen LogP contribution >= 0.6 is 11.8 Å². The second kappa shape index (κ2) is 7.47. The van der Waals surface area contributed by atoms with Crippen molar-refractivity contribution >= 4 is 45.9 Å². The lowest BCUT2D eigenvalue weighted by Gasteiger charge is -2.45. The average Bonchev–Trinajstić information content (AvgIpc) is 3.06. The number of ketones is 1. The van der Waals surface area contributed by atoms with Crippen LogP contribution in [0.5, 0.6) is 5.75 Å². The monoisotopic (exact) mass is 490 g/mol. The molecule has 178 valence electrons. The van der Waals surface area contributed by atoms with E-state index >= 15 is 0 Å². The van der Waals surface area contributed by atoms with E-state index in [1.807, 2.05) is 18.3 Å². The van der Waals surface area contributed by atoms with Crippen molar-refractivity contribution in [2.75, 3.05) is 17.7 Å². The Bertz CT molecular complexity index is 1620. The fourth-order valence-electron chi connectivity index (χ4n) is 6.01. The van der Waals surface area contributed by atoms with Crippen molar-refractivity contribution in [1.29, 1.82) is 0 Å². The molecule has 4 nitrogen and oxygen atoms in total. The van der Waals surface area contributed by atoms with Gasteiger partial charge >= 0.3 is 0 Å². The van der Waals surface area contributed by atoms with E-state index in [4.69, 9.17) is 9.73 Å². The predicted octanol–water partition coefficient (Wildman–Crippen LogP) is 7.40. The third kappa shape index (κ3) is 2.83. The summed E-state index contributed by atoms with van der Waals surface area (Å²) in [5.41, 5.74) is 5.34. The van der Waals surface area contributed by atoms with Crippen LogP contribution in [-0.2, 0) is 5.41 Å². The maximum absolute atomic E-state index is 12.4. The number of para-hydroxylation sites is 1. The molecule has 1 spiro atoms. The number of rotatable bonds is 1. The third-order valence-corrected chi connectivity index (χ3v) is 9.20. The summed E-state index contributed by atoms with van der Waals surface area (Å²) in [4.78, 5) is 20.8. The van der Waals surface area contributed by atoms with Gasteiger partial charge in [0, 0.05) is 40.8 Å². The largest absolute Gasteiger partial charge is 0.459 e. The molecule has 3 heterocycles. The molecule has 1 atom stereocenters. The Morgan fingerprint density at radius 2 is 1.78 bits per heavy atom. The van der Waals surface area contributed by atoms with Crippen molar-refractivity contribution in [3.05, 3.63) is 83.9 Å². The molecule has 0 bridgehead atoms. The highest BCUT2D eigenvalue weighted by molar-refractivity contribution is 7.99. The van der Waals surface area contributed by atoms with E-state index in [9.17, 15) is 4.79 Å². The molecule has 0 amide bonds. The summed E-state index contributed by atoms with van der Waals surface area (Å²) in [5.74, 6) is 1.90. The first kappa shape index (κ1) is 21.7. The molecule has 0 saturated carbocycles. The molecule has 1 unspecified atom stereocenters. The second-order valence-corrected chi connectivity index (χ2v) is 11.5. The van der Waals surface area contributed by atoms with Crippen LogP contribution in [-0.4, -0.2) is 30.5 Å². The number of thioether (sulfide) groups is 1. The number of benzene rings is 4. The lowest BCUT2D eigenvalue weighted by molar-refractivity contribution is 0.0826. The maximum atomic E-state index is 12.4. The zero-order chi connectivity index (χ0) is 24.7. The quantitative estimate of drug-likeness (QED) is 0.279. The van der Waals surface area contributed by atoms with E-state index in [0.717, 1.165) is 49.5 Å². The molecule has 0 saturated heterocycles. The van der Waals surface area contributed by atoms with Gasteiger partial charge in [-0.1, -0.05) is 42.5 Å². The van der Waals surface area contributed by atoms with E-state index < -0.39 is 5.72 Å². The fourth-order valence-corrected chi connectivity index (χ4v) is 7.01. The number of likely N-dealkylation sites (N-methyl/N-ethyl adjacent to an activating group) is 1. The van der Waals surface area contributed by atoms with Crippen molar-refractivity contribution in [3.63, 3.8) is 0 Å². The number of ether oxygens (including phenoxy) is 1. The molecule has 0 N–H and O–H groups in total. The molecule has 0 aliphatic carbocycles. The average molecular weight is 491 g/mol. The maximum Gasteiger partial charge on any atom is 0.228 e. The van der Waals surface area contributed by atoms with E-state index in [0.29, 0.717) is 6.42 Å². The molecule has 3 aliphatic heterocycles. The van der Waals surface area contributed by atoms with Crippen LogP contribution in [0.25, 0.3) is 21.9 Å². The standard InChI is InChI=1S/C31H26N2O2S/c1-30(2)24-6-4-5-7-25(24)33(3)31(30)18-32-29-22-11-8-19(16-21(22)9-12-27(29)35-31)20-10-13-28-23(17-20)26(34)14-15-36-28/h4-13,16-18H,14-15H2,1-3H3. The second-order valence-electron chi connectivity index (χ2n) is 10.3. The van der Waals surface area contributed by atoms with Gasteiger partial charge in [0.05, 0.1) is 11.6 Å². The Labute approximate surface area is 215 Å².